The predicted molar refractivity (Wildman–Crippen MR) is 102 cm³/mol. The molecule has 1 heterocycles. The average molecular weight is 394 g/mol. The Kier molecular flexibility index (Phi) is 10.8. The first-order valence-corrected chi connectivity index (χ1v) is 12.2. The SMILES string of the molecule is CCCCC1(CCCC)O[P+](=O)O[P+](=O)OC1(CCCC)CCCC. The summed E-state index contributed by atoms with van der Waals surface area (Å²) < 4.78 is 41.8. The quantitative estimate of drug-likeness (QED) is 0.319. The van der Waals surface area contributed by atoms with Gasteiger partial charge in [-0.3, -0.25) is 0 Å². The molecule has 0 saturated carbocycles. The highest BCUT2D eigenvalue weighted by Crippen LogP contribution is 2.59. The van der Waals surface area contributed by atoms with Crippen LogP contribution in [0, 0.1) is 0 Å². The lowest BCUT2D eigenvalue weighted by atomic mass is 9.71. The molecule has 0 N–H and O–H groups in total. The van der Waals surface area contributed by atoms with Crippen molar-refractivity contribution in [2.45, 2.75) is 116 Å². The van der Waals surface area contributed by atoms with Crippen LogP contribution in [0.1, 0.15) is 105 Å². The monoisotopic (exact) mass is 394 g/mol. The van der Waals surface area contributed by atoms with Crippen molar-refractivity contribution in [2.75, 3.05) is 0 Å². The Balaban J connectivity index is 3.36. The van der Waals surface area contributed by atoms with Crippen molar-refractivity contribution in [2.24, 2.45) is 0 Å². The molecule has 0 bridgehead atoms. The molecule has 1 aliphatic heterocycles. The van der Waals surface area contributed by atoms with Gasteiger partial charge in [-0.25, -0.2) is 0 Å². The van der Waals surface area contributed by atoms with Crippen LogP contribution in [0.25, 0.3) is 0 Å². The maximum Gasteiger partial charge on any atom is 0.748 e. The summed E-state index contributed by atoms with van der Waals surface area (Å²) in [6.45, 7) is 8.56. The molecule has 0 aromatic heterocycles. The molecule has 0 aliphatic carbocycles. The van der Waals surface area contributed by atoms with Crippen molar-refractivity contribution < 1.29 is 22.5 Å². The molecule has 1 rings (SSSR count). The van der Waals surface area contributed by atoms with Gasteiger partial charge in [-0.15, -0.1) is 9.05 Å². The lowest BCUT2D eigenvalue weighted by Gasteiger charge is -2.42. The first-order chi connectivity index (χ1) is 12.0. The van der Waals surface area contributed by atoms with Gasteiger partial charge < -0.3 is 0 Å². The highest BCUT2D eigenvalue weighted by atomic mass is 31.2. The normalized spacial score (nSPS) is 22.7. The van der Waals surface area contributed by atoms with Crippen molar-refractivity contribution in [3.8, 4) is 0 Å². The summed E-state index contributed by atoms with van der Waals surface area (Å²) in [7, 11) is -4.85. The van der Waals surface area contributed by atoms with E-state index in [-0.39, 0.29) is 0 Å². The fourth-order valence-electron chi connectivity index (χ4n) is 3.73. The van der Waals surface area contributed by atoms with E-state index in [1.807, 2.05) is 0 Å². The first-order valence-electron chi connectivity index (χ1n) is 10.00. The summed E-state index contributed by atoms with van der Waals surface area (Å²) in [6, 6.07) is 0. The van der Waals surface area contributed by atoms with Crippen LogP contribution in [0.5, 0.6) is 0 Å². The highest BCUT2D eigenvalue weighted by Gasteiger charge is 2.67. The maximum atomic E-state index is 12.3. The molecule has 0 amide bonds. The van der Waals surface area contributed by atoms with Gasteiger partial charge in [0.05, 0.1) is 0 Å². The van der Waals surface area contributed by atoms with E-state index in [1.54, 1.807) is 0 Å². The van der Waals surface area contributed by atoms with Gasteiger partial charge in [0.2, 0.25) is 0 Å². The lowest BCUT2D eigenvalue weighted by Crippen LogP contribution is -2.55. The van der Waals surface area contributed by atoms with Gasteiger partial charge in [-0.1, -0.05) is 79.1 Å². The van der Waals surface area contributed by atoms with Crippen LogP contribution in [0.15, 0.2) is 0 Å². The second kappa shape index (κ2) is 11.7. The van der Waals surface area contributed by atoms with Gasteiger partial charge in [0, 0.05) is 9.13 Å². The zero-order chi connectivity index (χ0) is 18.8. The fourth-order valence-corrected chi connectivity index (χ4v) is 5.70. The van der Waals surface area contributed by atoms with E-state index in [2.05, 4.69) is 27.7 Å². The zero-order valence-corrected chi connectivity index (χ0v) is 18.2. The number of hydrogen-bond acceptors (Lipinski definition) is 5. The molecule has 2 unspecified atom stereocenters. The highest BCUT2D eigenvalue weighted by molar-refractivity contribution is 7.47. The van der Waals surface area contributed by atoms with Gasteiger partial charge in [-0.2, -0.15) is 0 Å². The summed E-state index contributed by atoms with van der Waals surface area (Å²) in [5, 5.41) is 0. The summed E-state index contributed by atoms with van der Waals surface area (Å²) in [5.41, 5.74) is -1.36. The molecule has 0 aromatic carbocycles. The molecule has 0 spiro atoms. The minimum Gasteiger partial charge on any atom is -0.106 e. The Morgan fingerprint density at radius 1 is 0.600 bits per heavy atom. The molecule has 0 radical (unpaired) electrons. The third kappa shape index (κ3) is 6.33. The minimum atomic E-state index is -2.43. The van der Waals surface area contributed by atoms with Crippen molar-refractivity contribution in [1.29, 1.82) is 0 Å². The van der Waals surface area contributed by atoms with Crippen LogP contribution in [0.4, 0.5) is 0 Å². The zero-order valence-electron chi connectivity index (χ0n) is 16.4. The first kappa shape index (κ1) is 23.1. The van der Waals surface area contributed by atoms with Crippen molar-refractivity contribution in [3.05, 3.63) is 0 Å². The number of rotatable bonds is 12. The number of unbranched alkanes of at least 4 members (excludes halogenated alkanes) is 4. The molecular weight excluding hydrogens is 358 g/mol. The van der Waals surface area contributed by atoms with Crippen molar-refractivity contribution in [3.63, 3.8) is 0 Å². The second-order valence-corrected chi connectivity index (χ2v) is 9.03. The predicted octanol–water partition coefficient (Wildman–Crippen LogP) is 7.60. The Morgan fingerprint density at radius 2 is 0.880 bits per heavy atom. The summed E-state index contributed by atoms with van der Waals surface area (Å²) in [6.07, 6.45) is 11.0. The molecule has 2 atom stereocenters. The van der Waals surface area contributed by atoms with Gasteiger partial charge in [0.25, 0.3) is 0 Å². The van der Waals surface area contributed by atoms with Gasteiger partial charge in [0.15, 0.2) is 15.5 Å². The Hall–Kier alpha value is 0.0800. The van der Waals surface area contributed by atoms with Gasteiger partial charge in [0.1, 0.15) is 0 Å². The maximum absolute atomic E-state index is 12.3. The van der Waals surface area contributed by atoms with E-state index in [9.17, 15) is 9.13 Å². The van der Waals surface area contributed by atoms with E-state index >= 15 is 0 Å². The topological polar surface area (TPSA) is 61.8 Å². The van der Waals surface area contributed by atoms with Crippen LogP contribution in [-0.4, -0.2) is 11.2 Å². The second-order valence-electron chi connectivity index (χ2n) is 7.11. The van der Waals surface area contributed by atoms with E-state index in [0.29, 0.717) is 0 Å². The lowest BCUT2D eigenvalue weighted by molar-refractivity contribution is -0.129. The molecule has 1 saturated heterocycles. The minimum absolute atomic E-state index is 0.682. The van der Waals surface area contributed by atoms with Gasteiger partial charge in [-0.05, 0) is 25.7 Å². The van der Waals surface area contributed by atoms with Crippen molar-refractivity contribution >= 4 is 16.5 Å². The molecule has 7 heteroatoms. The van der Waals surface area contributed by atoms with Crippen LogP contribution >= 0.6 is 16.5 Å². The van der Waals surface area contributed by atoms with E-state index < -0.39 is 27.7 Å². The molecule has 146 valence electrons. The average Bonchev–Trinajstić information content (AvgIpc) is 2.69. The van der Waals surface area contributed by atoms with Crippen LogP contribution in [0.2, 0.25) is 0 Å². The molecular formula is C18H36O5P2+2. The fraction of sp³-hybridized carbons (Fsp3) is 1.00. The van der Waals surface area contributed by atoms with E-state index in [1.165, 1.54) is 0 Å². The Labute approximate surface area is 155 Å². The van der Waals surface area contributed by atoms with E-state index in [0.717, 1.165) is 77.0 Å². The van der Waals surface area contributed by atoms with Gasteiger partial charge >= 0.3 is 16.5 Å². The third-order valence-electron chi connectivity index (χ3n) is 5.20. The van der Waals surface area contributed by atoms with E-state index in [4.69, 9.17) is 13.4 Å². The molecule has 5 nitrogen and oxygen atoms in total. The summed E-state index contributed by atoms with van der Waals surface area (Å²) in [4.78, 5) is 0. The molecule has 25 heavy (non-hydrogen) atoms. The van der Waals surface area contributed by atoms with Crippen LogP contribution in [-0.2, 0) is 22.5 Å². The Bertz CT molecular complexity index is 374. The molecule has 1 aliphatic rings. The van der Waals surface area contributed by atoms with Crippen LogP contribution < -0.4 is 0 Å². The molecule has 0 aromatic rings. The third-order valence-corrected chi connectivity index (χ3v) is 7.26. The van der Waals surface area contributed by atoms with Crippen molar-refractivity contribution in [1.82, 2.24) is 0 Å². The largest absolute Gasteiger partial charge is 0.748 e. The Morgan fingerprint density at radius 3 is 1.12 bits per heavy atom. The summed E-state index contributed by atoms with van der Waals surface area (Å²) >= 11 is 0. The smallest absolute Gasteiger partial charge is 0.106 e. The number of hydrogen-bond donors (Lipinski definition) is 0. The molecule has 1 fully saturated rings. The summed E-state index contributed by atoms with van der Waals surface area (Å²) in [5.74, 6) is 0. The standard InChI is InChI=1S/C18H36O5P2/c1-5-9-13-17(14-10-6-2)18(15-11-7-3,16-12-8-4)22-25(20)23-24(19)21-17/h5-16H2,1-4H3/q+2. The van der Waals surface area contributed by atoms with Crippen LogP contribution in [0.3, 0.4) is 0 Å².